The summed E-state index contributed by atoms with van der Waals surface area (Å²) in [5.74, 6) is 0.235. The number of hydrogen-bond donors (Lipinski definition) is 1. The standard InChI is InChI=1S/C22H15Cl2N3O2/c1-13-25-20-5-3-2-4-18(20)22(29)27(13)16-9-7-15(8-10-16)26-21(28)17-11-6-14(23)12-19(17)24/h2-12H,1H3,(H,26,28). The summed E-state index contributed by atoms with van der Waals surface area (Å²) in [6.45, 7) is 1.78. The van der Waals surface area contributed by atoms with Crippen LogP contribution in [0.25, 0.3) is 16.6 Å². The van der Waals surface area contributed by atoms with Crippen LogP contribution in [-0.2, 0) is 0 Å². The van der Waals surface area contributed by atoms with Crippen molar-refractivity contribution in [2.24, 2.45) is 0 Å². The topological polar surface area (TPSA) is 64.0 Å². The van der Waals surface area contributed by atoms with Gasteiger partial charge in [-0.25, -0.2) is 4.98 Å². The molecule has 4 aromatic rings. The van der Waals surface area contributed by atoms with Crippen LogP contribution in [0.1, 0.15) is 16.2 Å². The molecule has 1 amide bonds. The Balaban J connectivity index is 1.64. The maximum Gasteiger partial charge on any atom is 0.265 e. The molecule has 1 N–H and O–H groups in total. The Bertz CT molecular complexity index is 1300. The quantitative estimate of drug-likeness (QED) is 0.489. The Labute approximate surface area is 176 Å². The molecule has 1 heterocycles. The molecule has 0 aliphatic rings. The third-order valence-electron chi connectivity index (χ3n) is 4.50. The first-order chi connectivity index (χ1) is 13.9. The van der Waals surface area contributed by atoms with Crippen LogP contribution in [0.3, 0.4) is 0 Å². The van der Waals surface area contributed by atoms with Crippen LogP contribution < -0.4 is 10.9 Å². The van der Waals surface area contributed by atoms with Crippen molar-refractivity contribution < 1.29 is 4.79 Å². The molecule has 7 heteroatoms. The van der Waals surface area contributed by atoms with Gasteiger partial charge >= 0.3 is 0 Å². The summed E-state index contributed by atoms with van der Waals surface area (Å²) >= 11 is 12.0. The van der Waals surface area contributed by atoms with Crippen molar-refractivity contribution in [2.45, 2.75) is 6.92 Å². The van der Waals surface area contributed by atoms with Crippen LogP contribution in [0.4, 0.5) is 5.69 Å². The van der Waals surface area contributed by atoms with E-state index in [2.05, 4.69) is 10.3 Å². The van der Waals surface area contributed by atoms with E-state index in [4.69, 9.17) is 23.2 Å². The average molecular weight is 424 g/mol. The second-order valence-corrected chi connectivity index (χ2v) is 7.29. The van der Waals surface area contributed by atoms with Gasteiger partial charge in [0, 0.05) is 10.7 Å². The maximum absolute atomic E-state index is 12.9. The van der Waals surface area contributed by atoms with Crippen LogP contribution in [-0.4, -0.2) is 15.5 Å². The van der Waals surface area contributed by atoms with Gasteiger partial charge in [-0.15, -0.1) is 0 Å². The number of fused-ring (bicyclic) bond motifs is 1. The van der Waals surface area contributed by atoms with Gasteiger partial charge < -0.3 is 5.32 Å². The lowest BCUT2D eigenvalue weighted by atomic mass is 10.2. The summed E-state index contributed by atoms with van der Waals surface area (Å²) in [5.41, 5.74) is 2.08. The molecule has 0 atom stereocenters. The number of benzene rings is 3. The minimum absolute atomic E-state index is 0.141. The third kappa shape index (κ3) is 3.75. The highest BCUT2D eigenvalue weighted by atomic mass is 35.5. The van der Waals surface area contributed by atoms with E-state index >= 15 is 0 Å². The Morgan fingerprint density at radius 2 is 1.72 bits per heavy atom. The number of hydrogen-bond acceptors (Lipinski definition) is 3. The highest BCUT2D eigenvalue weighted by Gasteiger charge is 2.12. The normalized spacial score (nSPS) is 10.9. The molecule has 0 bridgehead atoms. The zero-order valence-corrected chi connectivity index (χ0v) is 16.8. The molecule has 0 spiro atoms. The molecule has 29 heavy (non-hydrogen) atoms. The van der Waals surface area contributed by atoms with Crippen molar-refractivity contribution in [3.8, 4) is 5.69 Å². The van der Waals surface area contributed by atoms with Gasteiger partial charge in [-0.2, -0.15) is 0 Å². The number of para-hydroxylation sites is 1. The summed E-state index contributed by atoms with van der Waals surface area (Å²) in [7, 11) is 0. The molecular weight excluding hydrogens is 409 g/mol. The van der Waals surface area contributed by atoms with Gasteiger partial charge in [0.05, 0.1) is 27.2 Å². The van der Waals surface area contributed by atoms with E-state index in [1.165, 1.54) is 6.07 Å². The molecular formula is C22H15Cl2N3O2. The number of aromatic nitrogens is 2. The molecule has 0 fully saturated rings. The number of halogens is 2. The number of carbonyl (C=O) groups excluding carboxylic acids is 1. The van der Waals surface area contributed by atoms with E-state index in [9.17, 15) is 9.59 Å². The van der Waals surface area contributed by atoms with E-state index in [0.717, 1.165) is 0 Å². The van der Waals surface area contributed by atoms with Gasteiger partial charge in [0.2, 0.25) is 0 Å². The third-order valence-corrected chi connectivity index (χ3v) is 5.05. The van der Waals surface area contributed by atoms with Crippen molar-refractivity contribution in [3.05, 3.63) is 98.5 Å². The summed E-state index contributed by atoms with van der Waals surface area (Å²) < 4.78 is 1.55. The molecule has 0 aliphatic heterocycles. The second-order valence-electron chi connectivity index (χ2n) is 6.44. The van der Waals surface area contributed by atoms with Gasteiger partial charge in [0.25, 0.3) is 11.5 Å². The highest BCUT2D eigenvalue weighted by Crippen LogP contribution is 2.22. The predicted octanol–water partition coefficient (Wildman–Crippen LogP) is 5.25. The van der Waals surface area contributed by atoms with E-state index in [1.54, 1.807) is 54.0 Å². The Hall–Kier alpha value is -3.15. The molecule has 0 saturated carbocycles. The number of carbonyl (C=O) groups is 1. The minimum atomic E-state index is -0.347. The van der Waals surface area contributed by atoms with Crippen LogP contribution in [0.5, 0.6) is 0 Å². The average Bonchev–Trinajstić information content (AvgIpc) is 2.69. The van der Waals surface area contributed by atoms with Crippen LogP contribution in [0, 0.1) is 6.92 Å². The van der Waals surface area contributed by atoms with Crippen LogP contribution in [0.15, 0.2) is 71.5 Å². The molecule has 3 aromatic carbocycles. The monoisotopic (exact) mass is 423 g/mol. The lowest BCUT2D eigenvalue weighted by Crippen LogP contribution is -2.22. The first-order valence-corrected chi connectivity index (χ1v) is 9.55. The number of anilines is 1. The molecule has 5 nitrogen and oxygen atoms in total. The van der Waals surface area contributed by atoms with Crippen molar-refractivity contribution in [1.82, 2.24) is 9.55 Å². The van der Waals surface area contributed by atoms with Crippen molar-refractivity contribution >= 4 is 45.7 Å². The van der Waals surface area contributed by atoms with Crippen LogP contribution >= 0.6 is 23.2 Å². The fourth-order valence-electron chi connectivity index (χ4n) is 3.11. The molecule has 144 valence electrons. The van der Waals surface area contributed by atoms with Crippen LogP contribution in [0.2, 0.25) is 10.0 Å². The van der Waals surface area contributed by atoms with Crippen molar-refractivity contribution in [3.63, 3.8) is 0 Å². The van der Waals surface area contributed by atoms with E-state index in [1.807, 2.05) is 18.2 Å². The molecule has 0 aliphatic carbocycles. The van der Waals surface area contributed by atoms with Gasteiger partial charge in [-0.1, -0.05) is 35.3 Å². The number of amides is 1. The van der Waals surface area contributed by atoms with Crippen molar-refractivity contribution in [1.29, 1.82) is 0 Å². The lowest BCUT2D eigenvalue weighted by molar-refractivity contribution is 0.102. The van der Waals surface area contributed by atoms with Gasteiger partial charge in [0.15, 0.2) is 0 Å². The summed E-state index contributed by atoms with van der Waals surface area (Å²) in [6, 6.07) is 18.9. The molecule has 0 unspecified atom stereocenters. The van der Waals surface area contributed by atoms with Gasteiger partial charge in [0.1, 0.15) is 5.82 Å². The highest BCUT2D eigenvalue weighted by molar-refractivity contribution is 6.37. The van der Waals surface area contributed by atoms with E-state index in [-0.39, 0.29) is 16.5 Å². The molecule has 1 aromatic heterocycles. The predicted molar refractivity (Wildman–Crippen MR) is 116 cm³/mol. The summed E-state index contributed by atoms with van der Waals surface area (Å²) in [5, 5.41) is 4.07. The Morgan fingerprint density at radius 1 is 1.00 bits per heavy atom. The largest absolute Gasteiger partial charge is 0.322 e. The van der Waals surface area contributed by atoms with Gasteiger partial charge in [-0.05, 0) is 61.5 Å². The molecule has 0 saturated heterocycles. The number of nitrogens with zero attached hydrogens (tertiary/aromatic N) is 2. The summed E-state index contributed by atoms with van der Waals surface area (Å²) in [4.78, 5) is 29.8. The lowest BCUT2D eigenvalue weighted by Gasteiger charge is -2.12. The first-order valence-electron chi connectivity index (χ1n) is 8.79. The number of rotatable bonds is 3. The summed E-state index contributed by atoms with van der Waals surface area (Å²) in [6.07, 6.45) is 0. The zero-order valence-electron chi connectivity index (χ0n) is 15.3. The first kappa shape index (κ1) is 19.2. The molecule has 4 rings (SSSR count). The van der Waals surface area contributed by atoms with E-state index < -0.39 is 0 Å². The van der Waals surface area contributed by atoms with Crippen molar-refractivity contribution in [2.75, 3.05) is 5.32 Å². The Morgan fingerprint density at radius 3 is 2.45 bits per heavy atom. The van der Waals surface area contributed by atoms with Gasteiger partial charge in [-0.3, -0.25) is 14.2 Å². The Kier molecular flexibility index (Phi) is 5.09. The fourth-order valence-corrected chi connectivity index (χ4v) is 3.61. The maximum atomic E-state index is 12.9. The fraction of sp³-hybridized carbons (Fsp3) is 0.0455. The van der Waals surface area contributed by atoms with E-state index in [0.29, 0.717) is 38.7 Å². The smallest absolute Gasteiger partial charge is 0.265 e. The zero-order chi connectivity index (χ0) is 20.5. The second kappa shape index (κ2) is 7.70. The number of nitrogens with one attached hydrogen (secondary N) is 1. The molecule has 0 radical (unpaired) electrons. The number of aryl methyl sites for hydroxylation is 1. The SMILES string of the molecule is Cc1nc2ccccc2c(=O)n1-c1ccc(NC(=O)c2ccc(Cl)cc2Cl)cc1. The minimum Gasteiger partial charge on any atom is -0.322 e.